The van der Waals surface area contributed by atoms with Crippen molar-refractivity contribution in [3.05, 3.63) is 65.7 Å². The molecule has 3 aromatic rings. The highest BCUT2D eigenvalue weighted by atomic mass is 16.5. The van der Waals surface area contributed by atoms with Gasteiger partial charge in [-0.1, -0.05) is 41.6 Å². The molecule has 2 aromatic carbocycles. The van der Waals surface area contributed by atoms with Gasteiger partial charge < -0.3 is 20.9 Å². The van der Waals surface area contributed by atoms with E-state index in [-0.39, 0.29) is 19.0 Å². The van der Waals surface area contributed by atoms with E-state index in [1.165, 1.54) is 0 Å². The van der Waals surface area contributed by atoms with Crippen LogP contribution in [-0.2, 0) is 11.3 Å². The maximum absolute atomic E-state index is 12.0. The van der Waals surface area contributed by atoms with E-state index >= 15 is 0 Å². The van der Waals surface area contributed by atoms with Crippen molar-refractivity contribution < 1.29 is 14.1 Å². The lowest BCUT2D eigenvalue weighted by molar-refractivity contribution is -0.117. The predicted molar refractivity (Wildman–Crippen MR) is 106 cm³/mol. The maximum atomic E-state index is 12.0. The number of hydrogen-bond acceptors (Lipinski definition) is 6. The van der Waals surface area contributed by atoms with Crippen molar-refractivity contribution in [1.82, 2.24) is 15.8 Å². The Kier molecular flexibility index (Phi) is 6.35. The Morgan fingerprint density at radius 3 is 2.62 bits per heavy atom. The van der Waals surface area contributed by atoms with E-state index in [1.54, 1.807) is 24.3 Å². The van der Waals surface area contributed by atoms with Gasteiger partial charge in [-0.3, -0.25) is 9.59 Å². The van der Waals surface area contributed by atoms with Crippen LogP contribution >= 0.6 is 0 Å². The van der Waals surface area contributed by atoms with E-state index in [4.69, 9.17) is 15.5 Å². The van der Waals surface area contributed by atoms with E-state index in [2.05, 4.69) is 15.8 Å². The van der Waals surface area contributed by atoms with Crippen molar-refractivity contribution in [2.75, 3.05) is 13.1 Å². The molecule has 4 N–H and O–H groups in total. The summed E-state index contributed by atoms with van der Waals surface area (Å²) in [6.07, 6.45) is 0. The van der Waals surface area contributed by atoms with Crippen LogP contribution in [0.15, 0.2) is 59.1 Å². The minimum Gasteiger partial charge on any atom is -0.369 e. The molecule has 0 aliphatic carbocycles. The smallest absolute Gasteiger partial charge is 0.252 e. The van der Waals surface area contributed by atoms with Crippen LogP contribution in [0.2, 0.25) is 0 Å². The molecule has 0 radical (unpaired) electrons. The Labute approximate surface area is 167 Å². The summed E-state index contributed by atoms with van der Waals surface area (Å²) in [5.41, 5.74) is 8.73. The van der Waals surface area contributed by atoms with E-state index < -0.39 is 5.91 Å². The van der Waals surface area contributed by atoms with Crippen LogP contribution in [0.5, 0.6) is 0 Å². The van der Waals surface area contributed by atoms with Gasteiger partial charge in [0.2, 0.25) is 5.91 Å². The first-order chi connectivity index (χ1) is 14.1. The standard InChI is InChI=1S/C21H19N5O3/c22-8-9-25-21(28)17-3-1-2-16(10-17)18-11-19(29-26-18)15-6-4-14(5-7-15)12-24-13-20(23)27/h1-7,10-11,24H,9,12-13H2,(H2,23,27)(H,25,28). The van der Waals surface area contributed by atoms with Crippen molar-refractivity contribution in [1.29, 1.82) is 5.26 Å². The van der Waals surface area contributed by atoms with Crippen LogP contribution in [0.4, 0.5) is 0 Å². The monoisotopic (exact) mass is 389 g/mol. The number of benzene rings is 2. The van der Waals surface area contributed by atoms with Gasteiger partial charge in [0.15, 0.2) is 5.76 Å². The number of nitriles is 1. The van der Waals surface area contributed by atoms with Crippen LogP contribution in [-0.4, -0.2) is 30.1 Å². The second kappa shape index (κ2) is 9.30. The summed E-state index contributed by atoms with van der Waals surface area (Å²) in [6, 6.07) is 18.3. The highest BCUT2D eigenvalue weighted by molar-refractivity contribution is 5.95. The quantitative estimate of drug-likeness (QED) is 0.503. The lowest BCUT2D eigenvalue weighted by atomic mass is 10.1. The first-order valence-corrected chi connectivity index (χ1v) is 8.87. The number of hydrogen-bond donors (Lipinski definition) is 3. The zero-order valence-corrected chi connectivity index (χ0v) is 15.5. The lowest BCUT2D eigenvalue weighted by Crippen LogP contribution is -2.28. The Balaban J connectivity index is 1.71. The molecular formula is C21H19N5O3. The molecule has 0 aliphatic rings. The Morgan fingerprint density at radius 2 is 1.90 bits per heavy atom. The molecule has 0 bridgehead atoms. The molecule has 2 amide bonds. The molecule has 8 heteroatoms. The van der Waals surface area contributed by atoms with Crippen molar-refractivity contribution in [2.24, 2.45) is 5.73 Å². The van der Waals surface area contributed by atoms with Gasteiger partial charge in [0.05, 0.1) is 12.6 Å². The van der Waals surface area contributed by atoms with Gasteiger partial charge in [-0.25, -0.2) is 0 Å². The largest absolute Gasteiger partial charge is 0.369 e. The van der Waals surface area contributed by atoms with Gasteiger partial charge in [0, 0.05) is 29.3 Å². The number of carbonyl (C=O) groups is 2. The summed E-state index contributed by atoms with van der Waals surface area (Å²) in [5.74, 6) is -0.129. The highest BCUT2D eigenvalue weighted by Gasteiger charge is 2.11. The third-order valence-electron chi connectivity index (χ3n) is 4.13. The fourth-order valence-electron chi connectivity index (χ4n) is 2.71. The van der Waals surface area contributed by atoms with Gasteiger partial charge >= 0.3 is 0 Å². The molecule has 8 nitrogen and oxygen atoms in total. The molecular weight excluding hydrogens is 370 g/mol. The molecule has 0 aliphatic heterocycles. The van der Waals surface area contributed by atoms with Crippen molar-refractivity contribution in [2.45, 2.75) is 6.54 Å². The molecule has 1 aromatic heterocycles. The van der Waals surface area contributed by atoms with E-state index in [9.17, 15) is 9.59 Å². The van der Waals surface area contributed by atoms with Crippen LogP contribution in [0.3, 0.4) is 0 Å². The van der Waals surface area contributed by atoms with Crippen molar-refractivity contribution in [3.63, 3.8) is 0 Å². The maximum Gasteiger partial charge on any atom is 0.252 e. The summed E-state index contributed by atoms with van der Waals surface area (Å²) in [5, 5.41) is 18.1. The fraction of sp³-hybridized carbons (Fsp3) is 0.143. The van der Waals surface area contributed by atoms with E-state index in [0.717, 1.165) is 16.7 Å². The molecule has 0 saturated heterocycles. The minimum absolute atomic E-state index is 0.0504. The first-order valence-electron chi connectivity index (χ1n) is 8.87. The summed E-state index contributed by atoms with van der Waals surface area (Å²) in [6.45, 7) is 0.609. The molecule has 3 rings (SSSR count). The fourth-order valence-corrected chi connectivity index (χ4v) is 2.71. The number of aromatic nitrogens is 1. The number of rotatable bonds is 8. The van der Waals surface area contributed by atoms with Crippen LogP contribution in [0.25, 0.3) is 22.6 Å². The molecule has 0 spiro atoms. The Bertz CT molecular complexity index is 1050. The van der Waals surface area contributed by atoms with Gasteiger partial charge in [-0.05, 0) is 17.7 Å². The van der Waals surface area contributed by atoms with E-state index in [0.29, 0.717) is 23.6 Å². The average molecular weight is 389 g/mol. The number of nitrogens with zero attached hydrogens (tertiary/aromatic N) is 2. The number of carbonyl (C=O) groups excluding carboxylic acids is 2. The highest BCUT2D eigenvalue weighted by Crippen LogP contribution is 2.26. The third-order valence-corrected chi connectivity index (χ3v) is 4.13. The summed E-state index contributed by atoms with van der Waals surface area (Å²) >= 11 is 0. The molecule has 0 saturated carbocycles. The number of amides is 2. The second-order valence-corrected chi connectivity index (χ2v) is 6.26. The summed E-state index contributed by atoms with van der Waals surface area (Å²) in [4.78, 5) is 22.8. The van der Waals surface area contributed by atoms with Crippen molar-refractivity contribution >= 4 is 11.8 Å². The SMILES string of the molecule is N#CCNC(=O)c1cccc(-c2cc(-c3ccc(CNCC(N)=O)cc3)on2)c1. The average Bonchev–Trinajstić information content (AvgIpc) is 3.22. The minimum atomic E-state index is -0.401. The zero-order valence-electron chi connectivity index (χ0n) is 15.5. The van der Waals surface area contributed by atoms with Crippen LogP contribution < -0.4 is 16.4 Å². The third kappa shape index (κ3) is 5.28. The second-order valence-electron chi connectivity index (χ2n) is 6.26. The first kappa shape index (κ1) is 19.8. The molecule has 0 atom stereocenters. The molecule has 0 unspecified atom stereocenters. The lowest BCUT2D eigenvalue weighted by Gasteiger charge is -2.03. The summed E-state index contributed by atoms with van der Waals surface area (Å²) < 4.78 is 5.45. The van der Waals surface area contributed by atoms with Crippen LogP contribution in [0.1, 0.15) is 15.9 Å². The molecule has 1 heterocycles. The molecule has 0 fully saturated rings. The van der Waals surface area contributed by atoms with Gasteiger partial charge in [0.25, 0.3) is 5.91 Å². The van der Waals surface area contributed by atoms with E-state index in [1.807, 2.05) is 36.4 Å². The molecule has 29 heavy (non-hydrogen) atoms. The van der Waals surface area contributed by atoms with Crippen molar-refractivity contribution in [3.8, 4) is 28.7 Å². The number of primary amides is 1. The van der Waals surface area contributed by atoms with Gasteiger partial charge in [-0.15, -0.1) is 0 Å². The van der Waals surface area contributed by atoms with Gasteiger partial charge in [-0.2, -0.15) is 5.26 Å². The zero-order chi connectivity index (χ0) is 20.6. The number of nitrogens with two attached hydrogens (primary N) is 1. The normalized spacial score (nSPS) is 10.3. The molecule has 146 valence electrons. The van der Waals surface area contributed by atoms with Gasteiger partial charge in [0.1, 0.15) is 12.2 Å². The number of nitrogens with one attached hydrogen (secondary N) is 2. The topological polar surface area (TPSA) is 134 Å². The predicted octanol–water partition coefficient (Wildman–Crippen LogP) is 1.84. The summed E-state index contributed by atoms with van der Waals surface area (Å²) in [7, 11) is 0. The Hall–Kier alpha value is -3.96. The van der Waals surface area contributed by atoms with Crippen LogP contribution in [0, 0.1) is 11.3 Å². The Morgan fingerprint density at radius 1 is 1.10 bits per heavy atom.